The van der Waals surface area contributed by atoms with Crippen LogP contribution in [0, 0.1) is 0 Å². The minimum absolute atomic E-state index is 0.200. The molecule has 0 radical (unpaired) electrons. The van der Waals surface area contributed by atoms with Gasteiger partial charge in [-0.3, -0.25) is 9.69 Å². The van der Waals surface area contributed by atoms with Gasteiger partial charge in [-0.25, -0.2) is 0 Å². The lowest BCUT2D eigenvalue weighted by atomic mass is 9.99. The molecule has 1 atom stereocenters. The summed E-state index contributed by atoms with van der Waals surface area (Å²) in [7, 11) is 0. The van der Waals surface area contributed by atoms with E-state index in [0.29, 0.717) is 18.6 Å². The molecule has 1 unspecified atom stereocenters. The zero-order valence-electron chi connectivity index (χ0n) is 12.2. The van der Waals surface area contributed by atoms with Gasteiger partial charge in [-0.2, -0.15) is 0 Å². The van der Waals surface area contributed by atoms with Crippen LogP contribution in [0.3, 0.4) is 0 Å². The Balaban J connectivity index is 2.89. The Hall–Kier alpha value is -1.35. The van der Waals surface area contributed by atoms with Crippen LogP contribution in [0.5, 0.6) is 0 Å². The Morgan fingerprint density at radius 2 is 1.89 bits per heavy atom. The third-order valence-electron chi connectivity index (χ3n) is 3.39. The maximum Gasteiger partial charge on any atom is 0.304 e. The van der Waals surface area contributed by atoms with Crippen LogP contribution >= 0.6 is 0 Å². The molecule has 1 aromatic carbocycles. The van der Waals surface area contributed by atoms with Gasteiger partial charge in [0.15, 0.2) is 0 Å². The predicted molar refractivity (Wildman–Crippen MR) is 78.2 cm³/mol. The second-order valence-corrected chi connectivity index (χ2v) is 5.19. The molecule has 0 aliphatic rings. The van der Waals surface area contributed by atoms with Crippen LogP contribution in [0.4, 0.5) is 0 Å². The molecule has 0 aliphatic heterocycles. The van der Waals surface area contributed by atoms with E-state index in [0.717, 1.165) is 12.8 Å². The Bertz CT molecular complexity index is 376. The molecule has 0 saturated carbocycles. The van der Waals surface area contributed by atoms with Crippen LogP contribution in [-0.2, 0) is 4.79 Å². The number of hydrogen-bond acceptors (Lipinski definition) is 2. The van der Waals surface area contributed by atoms with E-state index in [1.165, 1.54) is 5.56 Å². The van der Waals surface area contributed by atoms with Crippen LogP contribution in [0.1, 0.15) is 51.6 Å². The molecule has 0 fully saturated rings. The maximum atomic E-state index is 10.8. The molecule has 0 spiro atoms. The summed E-state index contributed by atoms with van der Waals surface area (Å²) < 4.78 is 0. The van der Waals surface area contributed by atoms with Gasteiger partial charge in [0.1, 0.15) is 0 Å². The summed E-state index contributed by atoms with van der Waals surface area (Å²) in [4.78, 5) is 13.1. The third kappa shape index (κ3) is 5.03. The molecule has 0 heterocycles. The van der Waals surface area contributed by atoms with Crippen molar-refractivity contribution in [1.29, 1.82) is 0 Å². The molecule has 3 heteroatoms. The van der Waals surface area contributed by atoms with Crippen molar-refractivity contribution in [3.05, 3.63) is 35.9 Å². The first kappa shape index (κ1) is 15.7. The third-order valence-corrected chi connectivity index (χ3v) is 3.39. The highest BCUT2D eigenvalue weighted by Gasteiger charge is 2.22. The highest BCUT2D eigenvalue weighted by atomic mass is 16.4. The Kier molecular flexibility index (Phi) is 6.57. The topological polar surface area (TPSA) is 40.5 Å². The Labute approximate surface area is 116 Å². The molecule has 0 saturated heterocycles. The number of rotatable bonds is 8. The van der Waals surface area contributed by atoms with Crippen LogP contribution < -0.4 is 0 Å². The number of nitrogens with zero attached hydrogens (tertiary/aromatic N) is 1. The monoisotopic (exact) mass is 263 g/mol. The van der Waals surface area contributed by atoms with E-state index in [4.69, 9.17) is 5.11 Å². The Morgan fingerprint density at radius 1 is 1.26 bits per heavy atom. The molecular weight excluding hydrogens is 238 g/mol. The molecule has 1 rings (SSSR count). The second kappa shape index (κ2) is 7.95. The molecule has 0 bridgehead atoms. The van der Waals surface area contributed by atoms with Crippen molar-refractivity contribution in [2.45, 2.75) is 52.1 Å². The van der Waals surface area contributed by atoms with E-state index in [1.807, 2.05) is 18.2 Å². The molecule has 0 amide bonds. The number of aliphatic carboxylic acids is 1. The summed E-state index contributed by atoms with van der Waals surface area (Å²) in [6.07, 6.45) is 2.35. The molecular formula is C16H25NO2. The highest BCUT2D eigenvalue weighted by Crippen LogP contribution is 2.27. The molecule has 106 valence electrons. The smallest absolute Gasteiger partial charge is 0.304 e. The molecule has 3 nitrogen and oxygen atoms in total. The van der Waals surface area contributed by atoms with Crippen molar-refractivity contribution < 1.29 is 9.90 Å². The fraction of sp³-hybridized carbons (Fsp3) is 0.562. The first-order chi connectivity index (χ1) is 9.06. The summed E-state index contributed by atoms with van der Waals surface area (Å²) in [5.41, 5.74) is 1.28. The number of carboxylic acid groups (broad SMARTS) is 1. The molecule has 19 heavy (non-hydrogen) atoms. The predicted octanol–water partition coefficient (Wildman–Crippen LogP) is 3.71. The number of carbonyl (C=O) groups is 1. The first-order valence-electron chi connectivity index (χ1n) is 7.08. The first-order valence-corrected chi connectivity index (χ1v) is 7.08. The van der Waals surface area contributed by atoms with Crippen LogP contribution in [0.15, 0.2) is 30.3 Å². The van der Waals surface area contributed by atoms with Gasteiger partial charge >= 0.3 is 5.97 Å². The summed E-state index contributed by atoms with van der Waals surface area (Å²) >= 11 is 0. The van der Waals surface area contributed by atoms with Crippen molar-refractivity contribution >= 4 is 5.97 Å². The number of benzene rings is 1. The zero-order valence-corrected chi connectivity index (χ0v) is 12.2. The van der Waals surface area contributed by atoms with Crippen molar-refractivity contribution in [2.75, 3.05) is 6.54 Å². The quantitative estimate of drug-likeness (QED) is 0.777. The van der Waals surface area contributed by atoms with Gasteiger partial charge in [0, 0.05) is 18.6 Å². The van der Waals surface area contributed by atoms with Gasteiger partial charge < -0.3 is 5.11 Å². The number of hydrogen-bond donors (Lipinski definition) is 1. The lowest BCUT2D eigenvalue weighted by Crippen LogP contribution is -2.36. The van der Waals surface area contributed by atoms with Crippen LogP contribution in [0.2, 0.25) is 0 Å². The fourth-order valence-corrected chi connectivity index (χ4v) is 2.47. The van der Waals surface area contributed by atoms with Crippen molar-refractivity contribution in [1.82, 2.24) is 4.90 Å². The normalized spacial score (nSPS) is 12.9. The minimum atomic E-state index is -0.728. The minimum Gasteiger partial charge on any atom is -0.481 e. The van der Waals surface area contributed by atoms with E-state index in [9.17, 15) is 4.79 Å². The SMILES string of the molecule is CCCC(c1ccccc1)N(CCC(=O)O)C(C)C. The van der Waals surface area contributed by atoms with E-state index >= 15 is 0 Å². The summed E-state index contributed by atoms with van der Waals surface area (Å²) in [6.45, 7) is 7.04. The van der Waals surface area contributed by atoms with E-state index in [-0.39, 0.29) is 6.42 Å². The van der Waals surface area contributed by atoms with Gasteiger partial charge in [0.05, 0.1) is 6.42 Å². The molecule has 0 aliphatic carbocycles. The Morgan fingerprint density at radius 3 is 2.37 bits per heavy atom. The molecule has 1 aromatic rings. The number of carboxylic acids is 1. The lowest BCUT2D eigenvalue weighted by molar-refractivity contribution is -0.137. The average molecular weight is 263 g/mol. The maximum absolute atomic E-state index is 10.8. The van der Waals surface area contributed by atoms with E-state index in [2.05, 4.69) is 37.8 Å². The summed E-state index contributed by atoms with van der Waals surface area (Å²) in [5, 5.41) is 8.90. The van der Waals surface area contributed by atoms with Crippen LogP contribution in [-0.4, -0.2) is 28.6 Å². The van der Waals surface area contributed by atoms with E-state index < -0.39 is 5.97 Å². The summed E-state index contributed by atoms with van der Waals surface area (Å²) in [5.74, 6) is -0.728. The molecule has 0 aromatic heterocycles. The van der Waals surface area contributed by atoms with Gasteiger partial charge in [-0.1, -0.05) is 43.7 Å². The highest BCUT2D eigenvalue weighted by molar-refractivity contribution is 5.66. The summed E-state index contributed by atoms with van der Waals surface area (Å²) in [6, 6.07) is 11.0. The van der Waals surface area contributed by atoms with E-state index in [1.54, 1.807) is 0 Å². The van der Waals surface area contributed by atoms with Gasteiger partial charge in [-0.15, -0.1) is 0 Å². The lowest BCUT2D eigenvalue weighted by Gasteiger charge is -2.35. The standard InChI is InChI=1S/C16H25NO2/c1-4-8-15(14-9-6-5-7-10-14)17(13(2)3)12-11-16(18)19/h5-7,9-10,13,15H,4,8,11-12H2,1-3H3,(H,18,19). The van der Waals surface area contributed by atoms with Crippen molar-refractivity contribution in [3.8, 4) is 0 Å². The fourth-order valence-electron chi connectivity index (χ4n) is 2.47. The second-order valence-electron chi connectivity index (χ2n) is 5.19. The van der Waals surface area contributed by atoms with Crippen molar-refractivity contribution in [3.63, 3.8) is 0 Å². The van der Waals surface area contributed by atoms with Gasteiger partial charge in [0.25, 0.3) is 0 Å². The van der Waals surface area contributed by atoms with Crippen LogP contribution in [0.25, 0.3) is 0 Å². The largest absolute Gasteiger partial charge is 0.481 e. The average Bonchev–Trinajstić information content (AvgIpc) is 2.38. The zero-order chi connectivity index (χ0) is 14.3. The molecule has 1 N–H and O–H groups in total. The van der Waals surface area contributed by atoms with Gasteiger partial charge in [-0.05, 0) is 25.8 Å². The van der Waals surface area contributed by atoms with Crippen molar-refractivity contribution in [2.24, 2.45) is 0 Å². The van der Waals surface area contributed by atoms with Gasteiger partial charge in [0.2, 0.25) is 0 Å².